The molecule has 1 aliphatic rings. The van der Waals surface area contributed by atoms with Crippen molar-refractivity contribution in [1.82, 2.24) is 0 Å². The highest BCUT2D eigenvalue weighted by Gasteiger charge is 2.49. The van der Waals surface area contributed by atoms with E-state index in [2.05, 4.69) is 0 Å². The van der Waals surface area contributed by atoms with Crippen molar-refractivity contribution >= 4 is 5.78 Å². The van der Waals surface area contributed by atoms with Crippen molar-refractivity contribution in [2.75, 3.05) is 6.61 Å². The fourth-order valence-corrected chi connectivity index (χ4v) is 2.15. The number of carbonyl (C=O) groups is 1. The molecule has 0 aromatic heterocycles. The fraction of sp³-hybridized carbons (Fsp3) is 0.917. The summed E-state index contributed by atoms with van der Waals surface area (Å²) in [5, 5.41) is 75.7. The highest BCUT2D eigenvalue weighted by atomic mass is 16.5. The van der Waals surface area contributed by atoms with Crippen molar-refractivity contribution in [2.24, 2.45) is 0 Å². The quantitative estimate of drug-likeness (QED) is 0.234. The number of ether oxygens (including phenoxy) is 1. The molecule has 130 valence electrons. The van der Waals surface area contributed by atoms with Crippen molar-refractivity contribution in [2.45, 2.75) is 61.9 Å². The first-order valence-corrected chi connectivity index (χ1v) is 6.70. The number of Topliss-reactive ketones (excluding diaryl/α,β-unsaturated/α-hetero) is 1. The van der Waals surface area contributed by atoms with Crippen LogP contribution in [-0.4, -0.2) is 108 Å². The molecule has 0 aromatic carbocycles. The van der Waals surface area contributed by atoms with Crippen LogP contribution in [0, 0.1) is 0 Å². The lowest BCUT2D eigenvalue weighted by atomic mass is 9.89. The maximum atomic E-state index is 12.0. The van der Waals surface area contributed by atoms with Gasteiger partial charge in [-0.2, -0.15) is 0 Å². The standard InChI is InChI=1S/C12H22O10/c1-3(14)5(15)7(17)9(19)11(21)12-10(20)8(18)6(16)4(2-13)22-12/h3-10,12-20H,2H2,1H3/t3-,4+,5+,6-,7+,8-,9-,10+,12+/m0/s1. The second kappa shape index (κ2) is 7.73. The van der Waals surface area contributed by atoms with Crippen LogP contribution < -0.4 is 0 Å². The Balaban J connectivity index is 2.86. The minimum atomic E-state index is -2.22. The van der Waals surface area contributed by atoms with Crippen molar-refractivity contribution in [1.29, 1.82) is 0 Å². The molecule has 10 heteroatoms. The molecular weight excluding hydrogens is 304 g/mol. The van der Waals surface area contributed by atoms with Gasteiger partial charge in [0.05, 0.1) is 12.7 Å². The molecule has 0 amide bonds. The van der Waals surface area contributed by atoms with Gasteiger partial charge in [0, 0.05) is 0 Å². The molecule has 0 spiro atoms. The highest BCUT2D eigenvalue weighted by Crippen LogP contribution is 2.23. The number of aliphatic hydroxyl groups is 8. The second-order valence-corrected chi connectivity index (χ2v) is 5.32. The van der Waals surface area contributed by atoms with Crippen molar-refractivity contribution in [3.8, 4) is 0 Å². The van der Waals surface area contributed by atoms with Crippen molar-refractivity contribution in [3.05, 3.63) is 0 Å². The van der Waals surface area contributed by atoms with Crippen LogP contribution in [0.25, 0.3) is 0 Å². The smallest absolute Gasteiger partial charge is 0.195 e. The van der Waals surface area contributed by atoms with E-state index in [4.69, 9.17) is 14.9 Å². The summed E-state index contributed by atoms with van der Waals surface area (Å²) in [5.41, 5.74) is 0. The Bertz CT molecular complexity index is 373. The zero-order valence-corrected chi connectivity index (χ0v) is 11.8. The van der Waals surface area contributed by atoms with Crippen LogP contribution in [-0.2, 0) is 9.53 Å². The highest BCUT2D eigenvalue weighted by molar-refractivity contribution is 5.88. The van der Waals surface area contributed by atoms with Gasteiger partial charge in [0.15, 0.2) is 5.78 Å². The summed E-state index contributed by atoms with van der Waals surface area (Å²) in [6.07, 6.45) is -16.1. The topological polar surface area (TPSA) is 188 Å². The van der Waals surface area contributed by atoms with E-state index in [1.807, 2.05) is 0 Å². The zero-order valence-electron chi connectivity index (χ0n) is 11.8. The van der Waals surface area contributed by atoms with Crippen molar-refractivity contribution in [3.63, 3.8) is 0 Å². The number of hydrogen-bond acceptors (Lipinski definition) is 10. The lowest BCUT2D eigenvalue weighted by molar-refractivity contribution is -0.231. The van der Waals surface area contributed by atoms with Gasteiger partial charge in [-0.15, -0.1) is 0 Å². The molecule has 0 radical (unpaired) electrons. The average molecular weight is 326 g/mol. The van der Waals surface area contributed by atoms with Gasteiger partial charge in [0.1, 0.15) is 48.8 Å². The van der Waals surface area contributed by atoms with Gasteiger partial charge in [-0.1, -0.05) is 0 Å². The first-order valence-electron chi connectivity index (χ1n) is 6.70. The van der Waals surface area contributed by atoms with Gasteiger partial charge in [-0.05, 0) is 6.92 Å². The first kappa shape index (κ1) is 19.4. The Kier molecular flexibility index (Phi) is 6.80. The van der Waals surface area contributed by atoms with Gasteiger partial charge in [0.2, 0.25) is 0 Å². The lowest BCUT2D eigenvalue weighted by Gasteiger charge is -2.40. The minimum absolute atomic E-state index is 0.760. The molecule has 0 bridgehead atoms. The van der Waals surface area contributed by atoms with E-state index in [-0.39, 0.29) is 0 Å². The summed E-state index contributed by atoms with van der Waals surface area (Å²) in [7, 11) is 0. The van der Waals surface area contributed by atoms with Crippen molar-refractivity contribution < 1.29 is 50.4 Å². The monoisotopic (exact) mass is 326 g/mol. The molecule has 10 nitrogen and oxygen atoms in total. The predicted molar refractivity (Wildman–Crippen MR) is 68.5 cm³/mol. The maximum absolute atomic E-state index is 12.0. The number of ketones is 1. The third kappa shape index (κ3) is 3.79. The number of aliphatic hydroxyl groups excluding tert-OH is 8. The molecule has 0 unspecified atom stereocenters. The molecule has 1 rings (SSSR count). The van der Waals surface area contributed by atoms with Crippen LogP contribution >= 0.6 is 0 Å². The maximum Gasteiger partial charge on any atom is 0.195 e. The first-order chi connectivity index (χ1) is 10.1. The van der Waals surface area contributed by atoms with E-state index in [1.54, 1.807) is 0 Å². The molecule has 0 saturated carbocycles. The van der Waals surface area contributed by atoms with E-state index in [0.717, 1.165) is 6.92 Å². The molecule has 1 aliphatic heterocycles. The Morgan fingerprint density at radius 3 is 2.00 bits per heavy atom. The number of rotatable bonds is 6. The number of hydrogen-bond donors (Lipinski definition) is 8. The molecule has 8 N–H and O–H groups in total. The van der Waals surface area contributed by atoms with E-state index in [1.165, 1.54) is 0 Å². The van der Waals surface area contributed by atoms with Crippen LogP contribution in [0.3, 0.4) is 0 Å². The summed E-state index contributed by atoms with van der Waals surface area (Å²) in [4.78, 5) is 12.0. The Labute approximate surface area is 125 Å². The van der Waals surface area contributed by atoms with Crippen LogP contribution in [0.2, 0.25) is 0 Å². The molecule has 22 heavy (non-hydrogen) atoms. The molecule has 9 atom stereocenters. The predicted octanol–water partition coefficient (Wildman–Crippen LogP) is -5.14. The summed E-state index contributed by atoms with van der Waals surface area (Å²) in [6, 6.07) is 0. The van der Waals surface area contributed by atoms with Gasteiger partial charge < -0.3 is 45.6 Å². The fourth-order valence-electron chi connectivity index (χ4n) is 2.15. The summed E-state index contributed by atoms with van der Waals surface area (Å²) in [5.74, 6) is -1.27. The van der Waals surface area contributed by atoms with E-state index < -0.39 is 67.3 Å². The SMILES string of the molecule is C[C@H](O)[C@@H](O)[C@@H](O)[C@H](O)C(=O)[C@@H]1O[C@H](CO)[C@H](O)[C@H](O)[C@H]1O. The molecule has 1 saturated heterocycles. The Morgan fingerprint density at radius 1 is 1.00 bits per heavy atom. The van der Waals surface area contributed by atoms with Gasteiger partial charge >= 0.3 is 0 Å². The largest absolute Gasteiger partial charge is 0.394 e. The third-order valence-electron chi connectivity index (χ3n) is 3.63. The summed E-state index contributed by atoms with van der Waals surface area (Å²) in [6.45, 7) is 0.364. The summed E-state index contributed by atoms with van der Waals surface area (Å²) < 4.78 is 4.93. The Morgan fingerprint density at radius 2 is 1.55 bits per heavy atom. The van der Waals surface area contributed by atoms with Crippen LogP contribution in [0.1, 0.15) is 6.92 Å². The third-order valence-corrected chi connectivity index (χ3v) is 3.63. The lowest BCUT2D eigenvalue weighted by Crippen LogP contribution is -2.63. The normalized spacial score (nSPS) is 38.1. The second-order valence-electron chi connectivity index (χ2n) is 5.32. The van der Waals surface area contributed by atoms with Crippen LogP contribution in [0.4, 0.5) is 0 Å². The molecule has 0 aliphatic carbocycles. The van der Waals surface area contributed by atoms with Gasteiger partial charge in [0.25, 0.3) is 0 Å². The van der Waals surface area contributed by atoms with Crippen LogP contribution in [0.15, 0.2) is 0 Å². The van der Waals surface area contributed by atoms with Gasteiger partial charge in [-0.25, -0.2) is 0 Å². The van der Waals surface area contributed by atoms with E-state index >= 15 is 0 Å². The zero-order chi connectivity index (χ0) is 17.2. The van der Waals surface area contributed by atoms with E-state index in [9.17, 15) is 35.4 Å². The summed E-state index contributed by atoms with van der Waals surface area (Å²) >= 11 is 0. The number of carbonyl (C=O) groups excluding carboxylic acids is 1. The molecule has 0 aromatic rings. The molecule has 1 heterocycles. The molecule has 1 fully saturated rings. The van der Waals surface area contributed by atoms with Crippen LogP contribution in [0.5, 0.6) is 0 Å². The molecular formula is C12H22O10. The van der Waals surface area contributed by atoms with Gasteiger partial charge in [-0.3, -0.25) is 4.79 Å². The van der Waals surface area contributed by atoms with E-state index in [0.29, 0.717) is 0 Å². The Hall–Kier alpha value is -0.690. The average Bonchev–Trinajstić information content (AvgIpc) is 2.50. The minimum Gasteiger partial charge on any atom is -0.394 e.